The maximum atomic E-state index is 14.0. The second kappa shape index (κ2) is 6.10. The van der Waals surface area contributed by atoms with Crippen molar-refractivity contribution in [2.75, 3.05) is 0 Å². The van der Waals surface area contributed by atoms with Gasteiger partial charge in [0.2, 0.25) is 0 Å². The molecule has 102 valence electrons. The largest absolute Gasteiger partial charge is 0.481 e. The molecule has 20 heavy (non-hydrogen) atoms. The summed E-state index contributed by atoms with van der Waals surface area (Å²) >= 11 is 0. The highest BCUT2D eigenvalue weighted by Crippen LogP contribution is 2.23. The lowest BCUT2D eigenvalue weighted by Crippen LogP contribution is -2.04. The zero-order chi connectivity index (χ0) is 14.5. The molecule has 2 rings (SSSR count). The van der Waals surface area contributed by atoms with E-state index in [1.54, 1.807) is 30.3 Å². The molecule has 0 saturated carbocycles. The third kappa shape index (κ3) is 3.29. The Kier molecular flexibility index (Phi) is 4.25. The number of halogens is 1. The van der Waals surface area contributed by atoms with Gasteiger partial charge >= 0.3 is 5.97 Å². The van der Waals surface area contributed by atoms with Crippen molar-refractivity contribution in [3.05, 3.63) is 59.9 Å². The van der Waals surface area contributed by atoms with Crippen LogP contribution in [0.1, 0.15) is 23.2 Å². The summed E-state index contributed by atoms with van der Waals surface area (Å²) in [5.41, 5.74) is 1.35. The maximum Gasteiger partial charge on any atom is 0.303 e. The fraction of sp³-hybridized carbons (Fsp3) is 0.125. The van der Waals surface area contributed by atoms with Crippen LogP contribution in [0.3, 0.4) is 0 Å². The molecule has 0 radical (unpaired) electrons. The van der Waals surface area contributed by atoms with E-state index >= 15 is 0 Å². The number of carbonyl (C=O) groups excluding carboxylic acids is 1. The molecule has 0 fully saturated rings. The zero-order valence-electron chi connectivity index (χ0n) is 10.7. The van der Waals surface area contributed by atoms with E-state index in [9.17, 15) is 14.0 Å². The molecule has 0 heterocycles. The number of Topliss-reactive ketones (excluding diaryl/α,β-unsaturated/α-hetero) is 1. The molecule has 0 unspecified atom stereocenters. The van der Waals surface area contributed by atoms with E-state index in [0.29, 0.717) is 5.56 Å². The number of carbonyl (C=O) groups is 2. The second-order valence-corrected chi connectivity index (χ2v) is 4.38. The highest BCUT2D eigenvalue weighted by Gasteiger charge is 2.12. The second-order valence-electron chi connectivity index (χ2n) is 4.38. The highest BCUT2D eigenvalue weighted by molar-refractivity contribution is 5.97. The van der Waals surface area contributed by atoms with E-state index in [4.69, 9.17) is 5.11 Å². The van der Waals surface area contributed by atoms with Crippen LogP contribution in [0.5, 0.6) is 0 Å². The average molecular weight is 272 g/mol. The van der Waals surface area contributed by atoms with E-state index in [2.05, 4.69) is 0 Å². The molecule has 0 amide bonds. The smallest absolute Gasteiger partial charge is 0.303 e. The van der Waals surface area contributed by atoms with E-state index in [1.165, 1.54) is 6.07 Å². The summed E-state index contributed by atoms with van der Waals surface area (Å²) in [4.78, 5) is 22.1. The molecule has 0 aromatic heterocycles. The first-order valence-corrected chi connectivity index (χ1v) is 6.18. The van der Waals surface area contributed by atoms with Crippen molar-refractivity contribution in [1.29, 1.82) is 0 Å². The monoisotopic (exact) mass is 272 g/mol. The first-order valence-electron chi connectivity index (χ1n) is 6.18. The van der Waals surface area contributed by atoms with Crippen molar-refractivity contribution in [2.24, 2.45) is 0 Å². The molecule has 2 aromatic rings. The predicted octanol–water partition coefficient (Wildman–Crippen LogP) is 3.54. The highest BCUT2D eigenvalue weighted by atomic mass is 19.1. The Labute approximate surface area is 115 Å². The molecule has 0 saturated heterocycles. The standard InChI is InChI=1S/C16H13FO3/c17-14-10-12(15(18)8-9-16(19)20)6-7-13(14)11-4-2-1-3-5-11/h1-7,10H,8-9H2,(H,19,20). The van der Waals surface area contributed by atoms with Crippen molar-refractivity contribution in [3.63, 3.8) is 0 Å². The maximum absolute atomic E-state index is 14.0. The molecule has 4 heteroatoms. The minimum absolute atomic E-state index is 0.126. The van der Waals surface area contributed by atoms with Gasteiger partial charge in [-0.25, -0.2) is 4.39 Å². The lowest BCUT2D eigenvalue weighted by molar-refractivity contribution is -0.136. The van der Waals surface area contributed by atoms with Crippen LogP contribution in [-0.4, -0.2) is 16.9 Å². The van der Waals surface area contributed by atoms with Gasteiger partial charge in [-0.1, -0.05) is 42.5 Å². The normalized spacial score (nSPS) is 10.2. The van der Waals surface area contributed by atoms with Crippen molar-refractivity contribution in [3.8, 4) is 11.1 Å². The predicted molar refractivity (Wildman–Crippen MR) is 73.0 cm³/mol. The summed E-state index contributed by atoms with van der Waals surface area (Å²) in [6.07, 6.45) is -0.375. The minimum Gasteiger partial charge on any atom is -0.481 e. The van der Waals surface area contributed by atoms with Gasteiger partial charge in [-0.05, 0) is 11.6 Å². The molecule has 3 nitrogen and oxygen atoms in total. The molecular formula is C16H13FO3. The molecule has 0 aliphatic heterocycles. The van der Waals surface area contributed by atoms with Crippen LogP contribution in [0, 0.1) is 5.82 Å². The quantitative estimate of drug-likeness (QED) is 0.847. The van der Waals surface area contributed by atoms with Crippen LogP contribution >= 0.6 is 0 Å². The van der Waals surface area contributed by atoms with Crippen LogP contribution in [0.25, 0.3) is 11.1 Å². The summed E-state index contributed by atoms with van der Waals surface area (Å²) in [5, 5.41) is 8.53. The number of hydrogen-bond acceptors (Lipinski definition) is 2. The molecule has 0 spiro atoms. The Morgan fingerprint density at radius 2 is 1.70 bits per heavy atom. The Hall–Kier alpha value is -2.49. The van der Waals surface area contributed by atoms with Gasteiger partial charge in [0.15, 0.2) is 5.78 Å². The zero-order valence-corrected chi connectivity index (χ0v) is 10.7. The Balaban J connectivity index is 2.22. The van der Waals surface area contributed by atoms with E-state index in [1.807, 2.05) is 6.07 Å². The van der Waals surface area contributed by atoms with Crippen LogP contribution in [-0.2, 0) is 4.79 Å². The van der Waals surface area contributed by atoms with Crippen molar-refractivity contribution in [2.45, 2.75) is 12.8 Å². The first kappa shape index (κ1) is 13.9. The SMILES string of the molecule is O=C(O)CCC(=O)c1ccc(-c2ccccc2)c(F)c1. The summed E-state index contributed by atoms with van der Waals surface area (Å²) in [7, 11) is 0. The molecule has 0 aliphatic rings. The van der Waals surface area contributed by atoms with Crippen molar-refractivity contribution >= 4 is 11.8 Å². The average Bonchev–Trinajstić information content (AvgIpc) is 2.45. The number of benzene rings is 2. The molecular weight excluding hydrogens is 259 g/mol. The van der Waals surface area contributed by atoms with Gasteiger partial charge in [0, 0.05) is 17.5 Å². The van der Waals surface area contributed by atoms with Crippen LogP contribution in [0.15, 0.2) is 48.5 Å². The lowest BCUT2D eigenvalue weighted by atomic mass is 10.0. The number of carboxylic acid groups (broad SMARTS) is 1. The molecule has 2 aromatic carbocycles. The Morgan fingerprint density at radius 3 is 2.30 bits per heavy atom. The Bertz CT molecular complexity index is 635. The summed E-state index contributed by atoms with van der Waals surface area (Å²) < 4.78 is 14.0. The third-order valence-electron chi connectivity index (χ3n) is 2.94. The van der Waals surface area contributed by atoms with Crippen molar-refractivity contribution < 1.29 is 19.1 Å². The molecule has 0 aliphatic carbocycles. The van der Waals surface area contributed by atoms with Gasteiger partial charge in [-0.2, -0.15) is 0 Å². The van der Waals surface area contributed by atoms with Crippen LogP contribution in [0.4, 0.5) is 4.39 Å². The first-order chi connectivity index (χ1) is 9.58. The number of rotatable bonds is 5. The van der Waals surface area contributed by atoms with Gasteiger partial charge < -0.3 is 5.11 Å². The number of ketones is 1. The third-order valence-corrected chi connectivity index (χ3v) is 2.94. The van der Waals surface area contributed by atoms with Gasteiger partial charge in [0.25, 0.3) is 0 Å². The lowest BCUT2D eigenvalue weighted by Gasteiger charge is -2.05. The van der Waals surface area contributed by atoms with E-state index in [-0.39, 0.29) is 24.2 Å². The molecule has 0 atom stereocenters. The number of carboxylic acids is 1. The van der Waals surface area contributed by atoms with Crippen LogP contribution < -0.4 is 0 Å². The number of aliphatic carboxylic acids is 1. The summed E-state index contributed by atoms with van der Waals surface area (Å²) in [6, 6.07) is 13.2. The van der Waals surface area contributed by atoms with Crippen molar-refractivity contribution in [1.82, 2.24) is 0 Å². The topological polar surface area (TPSA) is 54.4 Å². The van der Waals surface area contributed by atoms with E-state index in [0.717, 1.165) is 11.6 Å². The summed E-state index contributed by atoms with van der Waals surface area (Å²) in [6.45, 7) is 0. The van der Waals surface area contributed by atoms with Gasteiger partial charge in [-0.3, -0.25) is 9.59 Å². The summed E-state index contributed by atoms with van der Waals surface area (Å²) in [5.74, 6) is -1.90. The minimum atomic E-state index is -1.04. The van der Waals surface area contributed by atoms with E-state index < -0.39 is 11.8 Å². The fourth-order valence-corrected chi connectivity index (χ4v) is 1.91. The number of hydrogen-bond donors (Lipinski definition) is 1. The Morgan fingerprint density at radius 1 is 1.00 bits per heavy atom. The van der Waals surface area contributed by atoms with Gasteiger partial charge in [0.05, 0.1) is 6.42 Å². The fourth-order valence-electron chi connectivity index (χ4n) is 1.91. The van der Waals surface area contributed by atoms with Crippen LogP contribution in [0.2, 0.25) is 0 Å². The van der Waals surface area contributed by atoms with Gasteiger partial charge in [-0.15, -0.1) is 0 Å². The molecule has 0 bridgehead atoms. The molecule has 1 N–H and O–H groups in total. The van der Waals surface area contributed by atoms with Gasteiger partial charge in [0.1, 0.15) is 5.82 Å².